The predicted molar refractivity (Wildman–Crippen MR) is 70.6 cm³/mol. The van der Waals surface area contributed by atoms with Crippen molar-refractivity contribution in [3.8, 4) is 0 Å². The molecule has 3 rings (SSSR count). The Balaban J connectivity index is 1.64. The van der Waals surface area contributed by atoms with Gasteiger partial charge >= 0.3 is 0 Å². The Hall–Kier alpha value is -0.410. The third kappa shape index (κ3) is 2.35. The van der Waals surface area contributed by atoms with Gasteiger partial charge in [-0.25, -0.2) is 0 Å². The Kier molecular flexibility index (Phi) is 3.46. The number of rotatable bonds is 3. The van der Waals surface area contributed by atoms with Crippen LogP contribution in [0.4, 0.5) is 0 Å². The van der Waals surface area contributed by atoms with Gasteiger partial charge in [0.15, 0.2) is 0 Å². The molecule has 0 aromatic rings. The Labute approximate surface area is 110 Å². The molecule has 2 atom stereocenters. The highest BCUT2D eigenvalue weighted by atomic mass is 16.5. The summed E-state index contributed by atoms with van der Waals surface area (Å²) in [5.74, 6) is 0.345. The summed E-state index contributed by atoms with van der Waals surface area (Å²) in [4.78, 5) is 14.0. The van der Waals surface area contributed by atoms with Gasteiger partial charge in [-0.05, 0) is 58.4 Å². The number of ketones is 1. The molecule has 0 N–H and O–H groups in total. The first-order chi connectivity index (χ1) is 8.69. The third-order valence-corrected chi connectivity index (χ3v) is 5.15. The first-order valence-corrected chi connectivity index (χ1v) is 7.58. The molecule has 1 saturated carbocycles. The van der Waals surface area contributed by atoms with E-state index in [1.807, 2.05) is 0 Å². The Morgan fingerprint density at radius 2 is 2.17 bits per heavy atom. The molecule has 18 heavy (non-hydrogen) atoms. The van der Waals surface area contributed by atoms with Gasteiger partial charge in [0, 0.05) is 25.1 Å². The second kappa shape index (κ2) is 4.93. The maximum Gasteiger partial charge on any atom is 0.131 e. The van der Waals surface area contributed by atoms with Gasteiger partial charge in [-0.1, -0.05) is 0 Å². The van der Waals surface area contributed by atoms with Gasteiger partial charge in [0.1, 0.15) is 5.78 Å². The number of carbonyl (C=O) groups excluding carboxylic acids is 1. The quantitative estimate of drug-likeness (QED) is 0.772. The minimum Gasteiger partial charge on any atom is -0.375 e. The minimum atomic E-state index is 0.228. The lowest BCUT2D eigenvalue weighted by atomic mass is 9.73. The van der Waals surface area contributed by atoms with Crippen LogP contribution in [-0.4, -0.2) is 41.5 Å². The average Bonchev–Trinajstić information content (AvgIpc) is 2.74. The summed E-state index contributed by atoms with van der Waals surface area (Å²) in [6.45, 7) is 3.85. The van der Waals surface area contributed by atoms with Crippen molar-refractivity contribution < 1.29 is 9.53 Å². The molecular formula is C15H25NO2. The zero-order valence-corrected chi connectivity index (χ0v) is 11.5. The van der Waals surface area contributed by atoms with Gasteiger partial charge in [0.25, 0.3) is 0 Å². The van der Waals surface area contributed by atoms with Gasteiger partial charge in [-0.15, -0.1) is 0 Å². The maximum absolute atomic E-state index is 11.4. The molecule has 1 spiro atoms. The van der Waals surface area contributed by atoms with E-state index in [0.717, 1.165) is 19.4 Å². The van der Waals surface area contributed by atoms with Crippen LogP contribution in [0, 0.1) is 0 Å². The largest absolute Gasteiger partial charge is 0.375 e. The van der Waals surface area contributed by atoms with Gasteiger partial charge in [0.2, 0.25) is 0 Å². The molecule has 3 nitrogen and oxygen atoms in total. The summed E-state index contributed by atoms with van der Waals surface area (Å²) in [5, 5.41) is 0. The highest BCUT2D eigenvalue weighted by molar-refractivity contribution is 5.76. The molecule has 0 bridgehead atoms. The van der Waals surface area contributed by atoms with E-state index in [1.165, 1.54) is 45.1 Å². The number of Topliss-reactive ketones (excluding diaryl/α,β-unsaturated/α-hetero) is 1. The second-order valence-electron chi connectivity index (χ2n) is 6.47. The molecule has 0 aromatic heterocycles. The standard InChI is InChI=1S/C15H25NO2/c1-12(17)10-13-4-2-8-16(13)14-5-9-18-15(11-14)6-3-7-15/h13-14H,2-11H2,1H3. The van der Waals surface area contributed by atoms with Crippen LogP contribution in [0.3, 0.4) is 0 Å². The molecule has 102 valence electrons. The fourth-order valence-electron chi connectivity index (χ4n) is 4.09. The Morgan fingerprint density at radius 1 is 1.33 bits per heavy atom. The van der Waals surface area contributed by atoms with Crippen molar-refractivity contribution in [1.82, 2.24) is 4.90 Å². The molecule has 0 aromatic carbocycles. The highest BCUT2D eigenvalue weighted by Gasteiger charge is 2.45. The van der Waals surface area contributed by atoms with E-state index in [0.29, 0.717) is 17.9 Å². The zero-order chi connectivity index (χ0) is 12.6. The van der Waals surface area contributed by atoms with E-state index < -0.39 is 0 Å². The van der Waals surface area contributed by atoms with E-state index in [9.17, 15) is 4.79 Å². The molecule has 0 radical (unpaired) electrons. The summed E-state index contributed by atoms with van der Waals surface area (Å²) >= 11 is 0. The summed E-state index contributed by atoms with van der Waals surface area (Å²) in [6, 6.07) is 1.19. The molecule has 2 aliphatic heterocycles. The second-order valence-corrected chi connectivity index (χ2v) is 6.47. The molecular weight excluding hydrogens is 226 g/mol. The van der Waals surface area contributed by atoms with Crippen LogP contribution in [0.15, 0.2) is 0 Å². The number of nitrogens with zero attached hydrogens (tertiary/aromatic N) is 1. The summed E-state index contributed by atoms with van der Waals surface area (Å²) < 4.78 is 6.01. The third-order valence-electron chi connectivity index (χ3n) is 5.15. The van der Waals surface area contributed by atoms with E-state index in [-0.39, 0.29) is 5.60 Å². The highest BCUT2D eigenvalue weighted by Crippen LogP contribution is 2.44. The minimum absolute atomic E-state index is 0.228. The smallest absolute Gasteiger partial charge is 0.131 e. The van der Waals surface area contributed by atoms with Crippen LogP contribution in [0.25, 0.3) is 0 Å². The van der Waals surface area contributed by atoms with E-state index in [4.69, 9.17) is 4.74 Å². The fraction of sp³-hybridized carbons (Fsp3) is 0.933. The number of carbonyl (C=O) groups is 1. The maximum atomic E-state index is 11.4. The normalized spacial score (nSPS) is 35.6. The number of hydrogen-bond donors (Lipinski definition) is 0. The fourth-order valence-corrected chi connectivity index (χ4v) is 4.09. The van der Waals surface area contributed by atoms with Crippen molar-refractivity contribution in [3.63, 3.8) is 0 Å². The van der Waals surface area contributed by atoms with Crippen molar-refractivity contribution in [2.45, 2.75) is 76.0 Å². The van der Waals surface area contributed by atoms with Crippen LogP contribution in [0.1, 0.15) is 58.3 Å². The first-order valence-electron chi connectivity index (χ1n) is 7.58. The molecule has 3 fully saturated rings. The first kappa shape index (κ1) is 12.6. The van der Waals surface area contributed by atoms with Crippen LogP contribution < -0.4 is 0 Å². The molecule has 3 aliphatic rings. The van der Waals surface area contributed by atoms with Crippen LogP contribution >= 0.6 is 0 Å². The van der Waals surface area contributed by atoms with Crippen molar-refractivity contribution in [2.75, 3.05) is 13.2 Å². The average molecular weight is 251 g/mol. The number of hydrogen-bond acceptors (Lipinski definition) is 3. The predicted octanol–water partition coefficient (Wildman–Crippen LogP) is 2.53. The number of likely N-dealkylation sites (tertiary alicyclic amines) is 1. The molecule has 0 amide bonds. The lowest BCUT2D eigenvalue weighted by Crippen LogP contribution is -2.53. The topological polar surface area (TPSA) is 29.5 Å². The number of ether oxygens (including phenoxy) is 1. The summed E-state index contributed by atoms with van der Waals surface area (Å²) in [7, 11) is 0. The molecule has 3 heteroatoms. The molecule has 2 saturated heterocycles. The Morgan fingerprint density at radius 3 is 2.83 bits per heavy atom. The lowest BCUT2D eigenvalue weighted by molar-refractivity contribution is -0.150. The van der Waals surface area contributed by atoms with E-state index in [1.54, 1.807) is 6.92 Å². The zero-order valence-electron chi connectivity index (χ0n) is 11.5. The van der Waals surface area contributed by atoms with Crippen molar-refractivity contribution in [1.29, 1.82) is 0 Å². The summed E-state index contributed by atoms with van der Waals surface area (Å²) in [5.41, 5.74) is 0.228. The van der Waals surface area contributed by atoms with Crippen LogP contribution in [0.2, 0.25) is 0 Å². The van der Waals surface area contributed by atoms with Gasteiger partial charge in [-0.3, -0.25) is 9.69 Å². The SMILES string of the molecule is CC(=O)CC1CCCN1C1CCOC2(CCC2)C1. The molecule has 1 aliphatic carbocycles. The van der Waals surface area contributed by atoms with Crippen molar-refractivity contribution in [3.05, 3.63) is 0 Å². The van der Waals surface area contributed by atoms with Crippen LogP contribution in [-0.2, 0) is 9.53 Å². The lowest BCUT2D eigenvalue weighted by Gasteiger charge is -2.50. The van der Waals surface area contributed by atoms with E-state index in [2.05, 4.69) is 4.90 Å². The van der Waals surface area contributed by atoms with Crippen molar-refractivity contribution in [2.24, 2.45) is 0 Å². The van der Waals surface area contributed by atoms with E-state index >= 15 is 0 Å². The van der Waals surface area contributed by atoms with Gasteiger partial charge in [-0.2, -0.15) is 0 Å². The van der Waals surface area contributed by atoms with Gasteiger partial charge in [0.05, 0.1) is 5.60 Å². The van der Waals surface area contributed by atoms with Crippen LogP contribution in [0.5, 0.6) is 0 Å². The Bertz CT molecular complexity index is 324. The van der Waals surface area contributed by atoms with Crippen molar-refractivity contribution >= 4 is 5.78 Å². The molecule has 2 heterocycles. The summed E-state index contributed by atoms with van der Waals surface area (Å²) in [6.07, 6.45) is 9.46. The monoisotopic (exact) mass is 251 g/mol. The molecule has 2 unspecified atom stereocenters. The van der Waals surface area contributed by atoms with Gasteiger partial charge < -0.3 is 4.74 Å².